The van der Waals surface area contributed by atoms with Crippen LogP contribution in [0.4, 0.5) is 19.0 Å². The summed E-state index contributed by atoms with van der Waals surface area (Å²) in [6, 6.07) is 4.49. The molecular formula is C19H18F3N7. The number of nitrogens with zero attached hydrogens (tertiary/aromatic N) is 5. The Hall–Kier alpha value is -3.17. The molecule has 0 amide bonds. The maximum atomic E-state index is 12.7. The topological polar surface area (TPSA) is 83.8 Å². The Kier molecular flexibility index (Phi) is 4.14. The van der Waals surface area contributed by atoms with E-state index in [1.54, 1.807) is 6.20 Å². The Balaban J connectivity index is 1.37. The van der Waals surface area contributed by atoms with E-state index < -0.39 is 11.7 Å². The number of nitrogens with one attached hydrogen (secondary N) is 2. The summed E-state index contributed by atoms with van der Waals surface area (Å²) in [5.74, 6) is 1.53. The van der Waals surface area contributed by atoms with Gasteiger partial charge in [0.15, 0.2) is 11.3 Å². The van der Waals surface area contributed by atoms with Crippen LogP contribution in [0.3, 0.4) is 0 Å². The number of fused-ring (bicyclic) bond motifs is 3. The molecule has 1 aliphatic rings. The Morgan fingerprint density at radius 1 is 1.07 bits per heavy atom. The van der Waals surface area contributed by atoms with Gasteiger partial charge >= 0.3 is 6.18 Å². The molecule has 150 valence electrons. The first-order valence-electron chi connectivity index (χ1n) is 9.46. The molecule has 2 N–H and O–H groups in total. The number of halogens is 3. The molecule has 0 unspecified atom stereocenters. The minimum Gasteiger partial charge on any atom is -0.367 e. The first kappa shape index (κ1) is 17.9. The van der Waals surface area contributed by atoms with Crippen molar-refractivity contribution in [1.82, 2.24) is 29.5 Å². The highest BCUT2D eigenvalue weighted by molar-refractivity contribution is 5.74. The van der Waals surface area contributed by atoms with Crippen molar-refractivity contribution in [2.24, 2.45) is 0 Å². The average Bonchev–Trinajstić information content (AvgIpc) is 3.34. The minimum absolute atomic E-state index is 0.105. The Bertz CT molecular complexity index is 1150. The van der Waals surface area contributed by atoms with Crippen LogP contribution in [0.15, 0.2) is 36.8 Å². The van der Waals surface area contributed by atoms with Gasteiger partial charge in [-0.1, -0.05) is 6.42 Å². The van der Waals surface area contributed by atoms with Crippen LogP contribution in [0, 0.1) is 0 Å². The number of anilines is 1. The van der Waals surface area contributed by atoms with Gasteiger partial charge in [-0.15, -0.1) is 10.2 Å². The molecule has 0 aromatic carbocycles. The number of rotatable bonds is 3. The van der Waals surface area contributed by atoms with E-state index in [0.29, 0.717) is 11.5 Å². The summed E-state index contributed by atoms with van der Waals surface area (Å²) >= 11 is 0. The molecule has 0 spiro atoms. The highest BCUT2D eigenvalue weighted by atomic mass is 19.4. The van der Waals surface area contributed by atoms with Crippen molar-refractivity contribution in [3.05, 3.63) is 48.2 Å². The van der Waals surface area contributed by atoms with Crippen LogP contribution in [-0.4, -0.2) is 35.6 Å². The van der Waals surface area contributed by atoms with Gasteiger partial charge in [-0.25, -0.2) is 9.97 Å². The van der Waals surface area contributed by atoms with Crippen molar-refractivity contribution in [2.45, 2.75) is 43.8 Å². The summed E-state index contributed by atoms with van der Waals surface area (Å²) in [7, 11) is 0. The van der Waals surface area contributed by atoms with Gasteiger partial charge in [-0.05, 0) is 37.5 Å². The van der Waals surface area contributed by atoms with E-state index in [0.717, 1.165) is 54.9 Å². The van der Waals surface area contributed by atoms with Crippen LogP contribution in [0.25, 0.3) is 16.8 Å². The Labute approximate surface area is 163 Å². The van der Waals surface area contributed by atoms with Gasteiger partial charge < -0.3 is 10.3 Å². The van der Waals surface area contributed by atoms with Gasteiger partial charge in [0.25, 0.3) is 0 Å². The molecule has 4 aromatic heterocycles. The number of pyridine rings is 1. The highest BCUT2D eigenvalue weighted by Crippen LogP contribution is 2.34. The summed E-state index contributed by atoms with van der Waals surface area (Å²) in [5, 5.41) is 12.0. The lowest BCUT2D eigenvalue weighted by atomic mass is 9.85. The second kappa shape index (κ2) is 6.71. The zero-order valence-corrected chi connectivity index (χ0v) is 15.3. The van der Waals surface area contributed by atoms with Crippen LogP contribution in [0.2, 0.25) is 0 Å². The SMILES string of the molecule is FC(F)(F)c1ccc(N[C@@H]2CCC[C@H](c3nnc4cnc5[nH]ccc5n34)C2)nc1. The van der Waals surface area contributed by atoms with Gasteiger partial charge in [0.1, 0.15) is 11.6 Å². The van der Waals surface area contributed by atoms with Crippen molar-refractivity contribution in [3.63, 3.8) is 0 Å². The molecule has 1 saturated carbocycles. The van der Waals surface area contributed by atoms with E-state index in [-0.39, 0.29) is 12.0 Å². The molecule has 10 heteroatoms. The third-order valence-electron chi connectivity index (χ3n) is 5.45. The summed E-state index contributed by atoms with van der Waals surface area (Å²) in [6.07, 6.45) is 3.71. The predicted molar refractivity (Wildman–Crippen MR) is 100 cm³/mol. The normalized spacial score (nSPS) is 20.4. The van der Waals surface area contributed by atoms with E-state index in [1.807, 2.05) is 16.7 Å². The minimum atomic E-state index is -4.38. The van der Waals surface area contributed by atoms with Crippen LogP contribution in [0.1, 0.15) is 43.0 Å². The number of hydrogen-bond acceptors (Lipinski definition) is 5. The van der Waals surface area contributed by atoms with Crippen LogP contribution in [0.5, 0.6) is 0 Å². The van der Waals surface area contributed by atoms with E-state index in [4.69, 9.17) is 0 Å². The third-order valence-corrected chi connectivity index (χ3v) is 5.45. The fourth-order valence-corrected chi connectivity index (χ4v) is 4.07. The molecule has 4 aromatic rings. The quantitative estimate of drug-likeness (QED) is 0.539. The molecule has 0 saturated heterocycles. The second-order valence-electron chi connectivity index (χ2n) is 7.36. The van der Waals surface area contributed by atoms with Crippen molar-refractivity contribution < 1.29 is 13.2 Å². The molecule has 0 radical (unpaired) electrons. The number of hydrogen-bond donors (Lipinski definition) is 2. The van der Waals surface area contributed by atoms with Crippen molar-refractivity contribution in [2.75, 3.05) is 5.32 Å². The van der Waals surface area contributed by atoms with E-state index in [9.17, 15) is 13.2 Å². The number of aromatic nitrogens is 6. The maximum absolute atomic E-state index is 12.7. The molecule has 0 bridgehead atoms. The largest absolute Gasteiger partial charge is 0.417 e. The first-order chi connectivity index (χ1) is 14.0. The van der Waals surface area contributed by atoms with Gasteiger partial charge in [0, 0.05) is 24.4 Å². The maximum Gasteiger partial charge on any atom is 0.417 e. The highest BCUT2D eigenvalue weighted by Gasteiger charge is 2.31. The second-order valence-corrected chi connectivity index (χ2v) is 7.36. The van der Waals surface area contributed by atoms with Gasteiger partial charge in [-0.3, -0.25) is 4.40 Å². The molecular weight excluding hydrogens is 383 g/mol. The smallest absolute Gasteiger partial charge is 0.367 e. The van der Waals surface area contributed by atoms with E-state index >= 15 is 0 Å². The molecule has 1 aliphatic carbocycles. The molecule has 4 heterocycles. The van der Waals surface area contributed by atoms with Crippen LogP contribution in [-0.2, 0) is 6.18 Å². The van der Waals surface area contributed by atoms with Crippen molar-refractivity contribution in [1.29, 1.82) is 0 Å². The molecule has 7 nitrogen and oxygen atoms in total. The van der Waals surface area contributed by atoms with Crippen LogP contribution < -0.4 is 5.32 Å². The zero-order valence-electron chi connectivity index (χ0n) is 15.3. The Morgan fingerprint density at radius 3 is 2.76 bits per heavy atom. The monoisotopic (exact) mass is 401 g/mol. The Morgan fingerprint density at radius 2 is 1.97 bits per heavy atom. The summed E-state index contributed by atoms with van der Waals surface area (Å²) < 4.78 is 40.2. The number of H-pyrrole nitrogens is 1. The standard InChI is InChI=1S/C19H18F3N7/c20-19(21,22)12-4-5-15(24-9-12)26-13-3-1-2-11(8-13)18-28-27-16-10-25-17-14(29(16)18)6-7-23-17/h4-7,9-11,13,23H,1-3,8H2,(H,24,26)/t11-,13+/m0/s1. The lowest BCUT2D eigenvalue weighted by Crippen LogP contribution is -2.27. The molecule has 5 rings (SSSR count). The van der Waals surface area contributed by atoms with Gasteiger partial charge in [0.2, 0.25) is 0 Å². The van der Waals surface area contributed by atoms with Gasteiger partial charge in [-0.2, -0.15) is 13.2 Å². The summed E-state index contributed by atoms with van der Waals surface area (Å²) in [5.41, 5.74) is 1.66. The zero-order chi connectivity index (χ0) is 20.0. The fourth-order valence-electron chi connectivity index (χ4n) is 4.07. The lowest BCUT2D eigenvalue weighted by Gasteiger charge is -2.29. The number of alkyl halides is 3. The summed E-state index contributed by atoms with van der Waals surface area (Å²) in [4.78, 5) is 11.4. The number of aromatic amines is 1. The summed E-state index contributed by atoms with van der Waals surface area (Å²) in [6.45, 7) is 0. The molecule has 29 heavy (non-hydrogen) atoms. The van der Waals surface area contributed by atoms with Crippen molar-refractivity contribution >= 4 is 22.6 Å². The predicted octanol–water partition coefficient (Wildman–Crippen LogP) is 4.16. The van der Waals surface area contributed by atoms with Gasteiger partial charge in [0.05, 0.1) is 17.3 Å². The molecule has 2 atom stereocenters. The lowest BCUT2D eigenvalue weighted by molar-refractivity contribution is -0.137. The first-order valence-corrected chi connectivity index (χ1v) is 9.46. The fraction of sp³-hybridized carbons (Fsp3) is 0.368. The third kappa shape index (κ3) is 3.28. The van der Waals surface area contributed by atoms with E-state index in [1.165, 1.54) is 6.07 Å². The van der Waals surface area contributed by atoms with Crippen molar-refractivity contribution in [3.8, 4) is 0 Å². The molecule has 0 aliphatic heterocycles. The molecule has 1 fully saturated rings. The van der Waals surface area contributed by atoms with E-state index in [2.05, 4.69) is 30.5 Å². The average molecular weight is 401 g/mol. The van der Waals surface area contributed by atoms with Crippen LogP contribution >= 0.6 is 0 Å².